The number of nitrogens with zero attached hydrogens (tertiary/aromatic N) is 1. The van der Waals surface area contributed by atoms with Gasteiger partial charge in [0.2, 0.25) is 0 Å². The van der Waals surface area contributed by atoms with Crippen molar-refractivity contribution in [2.24, 2.45) is 0 Å². The van der Waals surface area contributed by atoms with Crippen LogP contribution >= 0.6 is 0 Å². The first-order chi connectivity index (χ1) is 9.49. The number of ether oxygens (including phenoxy) is 1. The Labute approximate surface area is 117 Å². The molecular formula is C15H18N2O3. The number of carbonyl (C=O) groups excluding carboxylic acids is 1. The first kappa shape index (κ1) is 14.1. The summed E-state index contributed by atoms with van der Waals surface area (Å²) in [5, 5.41) is 6.62. The smallest absolute Gasteiger partial charge is 0.261 e. The molecular weight excluding hydrogens is 256 g/mol. The number of para-hydroxylation sites is 2. The molecule has 0 bridgehead atoms. The average molecular weight is 274 g/mol. The van der Waals surface area contributed by atoms with Gasteiger partial charge in [-0.15, -0.1) is 0 Å². The molecule has 1 amide bonds. The molecule has 1 aromatic heterocycles. The Balaban J connectivity index is 2.24. The molecule has 0 fully saturated rings. The number of hydrogen-bond acceptors (Lipinski definition) is 4. The summed E-state index contributed by atoms with van der Waals surface area (Å²) in [6.45, 7) is 7.33. The fourth-order valence-corrected chi connectivity index (χ4v) is 1.92. The number of nitrogens with one attached hydrogen (secondary N) is 1. The SMILES string of the molecule is Cc1noc(C)c1C(=O)Nc1ccccc1OC(C)C. The van der Waals surface area contributed by atoms with Crippen LogP contribution in [0.5, 0.6) is 5.75 Å². The zero-order valence-electron chi connectivity index (χ0n) is 12.1. The highest BCUT2D eigenvalue weighted by Gasteiger charge is 2.18. The monoisotopic (exact) mass is 274 g/mol. The molecule has 0 unspecified atom stereocenters. The highest BCUT2D eigenvalue weighted by Crippen LogP contribution is 2.26. The Morgan fingerprint density at radius 1 is 1.30 bits per heavy atom. The Morgan fingerprint density at radius 2 is 2.00 bits per heavy atom. The van der Waals surface area contributed by atoms with Gasteiger partial charge < -0.3 is 14.6 Å². The fourth-order valence-electron chi connectivity index (χ4n) is 1.92. The predicted octanol–water partition coefficient (Wildman–Crippen LogP) is 3.33. The normalized spacial score (nSPS) is 10.7. The van der Waals surface area contributed by atoms with Crippen molar-refractivity contribution in [2.45, 2.75) is 33.8 Å². The topological polar surface area (TPSA) is 64.4 Å². The average Bonchev–Trinajstić information content (AvgIpc) is 2.71. The molecule has 1 N–H and O–H groups in total. The second-order valence-electron chi connectivity index (χ2n) is 4.82. The number of aryl methyl sites for hydroxylation is 2. The Hall–Kier alpha value is -2.30. The van der Waals surface area contributed by atoms with E-state index in [-0.39, 0.29) is 12.0 Å². The molecule has 1 heterocycles. The number of aromatic nitrogens is 1. The highest BCUT2D eigenvalue weighted by molar-refractivity contribution is 6.06. The molecule has 1 aromatic carbocycles. The van der Waals surface area contributed by atoms with Crippen LogP contribution in [0.25, 0.3) is 0 Å². The lowest BCUT2D eigenvalue weighted by Crippen LogP contribution is -2.15. The number of benzene rings is 1. The van der Waals surface area contributed by atoms with E-state index in [1.165, 1.54) is 0 Å². The maximum absolute atomic E-state index is 12.3. The van der Waals surface area contributed by atoms with E-state index in [4.69, 9.17) is 9.26 Å². The molecule has 5 heteroatoms. The minimum absolute atomic E-state index is 0.0344. The van der Waals surface area contributed by atoms with Crippen LogP contribution in [0.4, 0.5) is 5.69 Å². The van der Waals surface area contributed by atoms with Crippen LogP contribution in [0.1, 0.15) is 35.7 Å². The summed E-state index contributed by atoms with van der Waals surface area (Å²) in [4.78, 5) is 12.3. The molecule has 0 radical (unpaired) electrons. The molecule has 2 aromatic rings. The minimum atomic E-state index is -0.249. The predicted molar refractivity (Wildman–Crippen MR) is 76.1 cm³/mol. The van der Waals surface area contributed by atoms with E-state index in [0.29, 0.717) is 28.5 Å². The summed E-state index contributed by atoms with van der Waals surface area (Å²) in [6, 6.07) is 7.33. The van der Waals surface area contributed by atoms with Gasteiger partial charge in [-0.1, -0.05) is 17.3 Å². The molecule has 0 aliphatic heterocycles. The fraction of sp³-hybridized carbons (Fsp3) is 0.333. The van der Waals surface area contributed by atoms with Gasteiger partial charge in [0.05, 0.1) is 17.5 Å². The van der Waals surface area contributed by atoms with E-state index in [2.05, 4.69) is 10.5 Å². The lowest BCUT2D eigenvalue weighted by atomic mass is 10.2. The number of hydrogen-bond donors (Lipinski definition) is 1. The van der Waals surface area contributed by atoms with Crippen LogP contribution in [0, 0.1) is 13.8 Å². The molecule has 0 spiro atoms. The van der Waals surface area contributed by atoms with Gasteiger partial charge in [-0.25, -0.2) is 0 Å². The number of amides is 1. The van der Waals surface area contributed by atoms with Gasteiger partial charge in [-0.3, -0.25) is 4.79 Å². The van der Waals surface area contributed by atoms with Crippen molar-refractivity contribution in [3.8, 4) is 5.75 Å². The molecule has 106 valence electrons. The van der Waals surface area contributed by atoms with E-state index < -0.39 is 0 Å². The van der Waals surface area contributed by atoms with Crippen molar-refractivity contribution < 1.29 is 14.1 Å². The van der Waals surface area contributed by atoms with E-state index in [0.717, 1.165) is 0 Å². The van der Waals surface area contributed by atoms with Gasteiger partial charge >= 0.3 is 0 Å². The van der Waals surface area contributed by atoms with Crippen molar-refractivity contribution in [3.63, 3.8) is 0 Å². The van der Waals surface area contributed by atoms with E-state index in [1.807, 2.05) is 32.0 Å². The second-order valence-corrected chi connectivity index (χ2v) is 4.82. The summed E-state index contributed by atoms with van der Waals surface area (Å²) >= 11 is 0. The van der Waals surface area contributed by atoms with Crippen LogP contribution in [0.3, 0.4) is 0 Å². The number of rotatable bonds is 4. The van der Waals surface area contributed by atoms with Crippen LogP contribution in [-0.2, 0) is 0 Å². The summed E-state index contributed by atoms with van der Waals surface area (Å²) < 4.78 is 10.7. The van der Waals surface area contributed by atoms with Crippen molar-refractivity contribution in [1.29, 1.82) is 0 Å². The lowest BCUT2D eigenvalue weighted by molar-refractivity contribution is 0.102. The number of carbonyl (C=O) groups is 1. The lowest BCUT2D eigenvalue weighted by Gasteiger charge is -2.14. The van der Waals surface area contributed by atoms with Crippen LogP contribution < -0.4 is 10.1 Å². The van der Waals surface area contributed by atoms with Crippen molar-refractivity contribution in [1.82, 2.24) is 5.16 Å². The standard InChI is InChI=1S/C15H18N2O3/c1-9(2)19-13-8-6-5-7-12(13)16-15(18)14-10(3)17-20-11(14)4/h5-9H,1-4H3,(H,16,18). The minimum Gasteiger partial charge on any atom is -0.489 e. The summed E-state index contributed by atoms with van der Waals surface area (Å²) in [5.41, 5.74) is 1.66. The maximum atomic E-state index is 12.3. The molecule has 20 heavy (non-hydrogen) atoms. The molecule has 5 nitrogen and oxygen atoms in total. The summed E-state index contributed by atoms with van der Waals surface area (Å²) in [7, 11) is 0. The molecule has 0 atom stereocenters. The molecule has 0 saturated carbocycles. The molecule has 0 aliphatic rings. The van der Waals surface area contributed by atoms with Crippen LogP contribution in [0.15, 0.2) is 28.8 Å². The van der Waals surface area contributed by atoms with Gasteiger partial charge in [0.1, 0.15) is 17.1 Å². The zero-order valence-corrected chi connectivity index (χ0v) is 12.1. The van der Waals surface area contributed by atoms with Crippen molar-refractivity contribution >= 4 is 11.6 Å². The third-order valence-corrected chi connectivity index (χ3v) is 2.76. The zero-order chi connectivity index (χ0) is 14.7. The van der Waals surface area contributed by atoms with Gasteiger partial charge in [0, 0.05) is 0 Å². The summed E-state index contributed by atoms with van der Waals surface area (Å²) in [5.74, 6) is 0.894. The van der Waals surface area contributed by atoms with Gasteiger partial charge in [0.15, 0.2) is 0 Å². The van der Waals surface area contributed by atoms with Crippen LogP contribution in [-0.4, -0.2) is 17.2 Å². The number of anilines is 1. The molecule has 2 rings (SSSR count). The van der Waals surface area contributed by atoms with Crippen molar-refractivity contribution in [3.05, 3.63) is 41.3 Å². The third kappa shape index (κ3) is 2.99. The highest BCUT2D eigenvalue weighted by atomic mass is 16.5. The van der Waals surface area contributed by atoms with E-state index in [1.54, 1.807) is 19.9 Å². The Kier molecular flexibility index (Phi) is 4.08. The van der Waals surface area contributed by atoms with Crippen LogP contribution in [0.2, 0.25) is 0 Å². The Bertz CT molecular complexity index is 598. The van der Waals surface area contributed by atoms with Gasteiger partial charge in [-0.05, 0) is 39.8 Å². The Morgan fingerprint density at radius 3 is 2.60 bits per heavy atom. The molecule has 0 saturated heterocycles. The third-order valence-electron chi connectivity index (χ3n) is 2.76. The first-order valence-electron chi connectivity index (χ1n) is 6.49. The first-order valence-corrected chi connectivity index (χ1v) is 6.49. The quantitative estimate of drug-likeness (QED) is 0.928. The maximum Gasteiger partial charge on any atom is 0.261 e. The largest absolute Gasteiger partial charge is 0.489 e. The molecule has 0 aliphatic carbocycles. The van der Waals surface area contributed by atoms with Gasteiger partial charge in [0.25, 0.3) is 5.91 Å². The van der Waals surface area contributed by atoms with Gasteiger partial charge in [-0.2, -0.15) is 0 Å². The van der Waals surface area contributed by atoms with E-state index in [9.17, 15) is 4.79 Å². The van der Waals surface area contributed by atoms with E-state index >= 15 is 0 Å². The second kappa shape index (κ2) is 5.77. The van der Waals surface area contributed by atoms with Crippen molar-refractivity contribution in [2.75, 3.05) is 5.32 Å². The summed E-state index contributed by atoms with van der Waals surface area (Å²) in [6.07, 6.45) is 0.0344.